The largest absolute Gasteiger partial charge is 0.394 e. The highest BCUT2D eigenvalue weighted by Crippen LogP contribution is 2.07. The van der Waals surface area contributed by atoms with E-state index in [2.05, 4.69) is 26.2 Å². The van der Waals surface area contributed by atoms with E-state index in [9.17, 15) is 4.79 Å². The lowest BCUT2D eigenvalue weighted by Gasteiger charge is -2.14. The van der Waals surface area contributed by atoms with E-state index in [0.717, 1.165) is 4.47 Å². The molecule has 16 heavy (non-hydrogen) atoms. The van der Waals surface area contributed by atoms with Crippen molar-refractivity contribution in [2.75, 3.05) is 20.3 Å². The number of aromatic nitrogens is 1. The van der Waals surface area contributed by atoms with E-state index in [4.69, 9.17) is 9.84 Å². The summed E-state index contributed by atoms with van der Waals surface area (Å²) in [4.78, 5) is 15.6. The summed E-state index contributed by atoms with van der Waals surface area (Å²) in [5.41, 5.74) is 0.303. The standard InChI is InChI=1S/C10H13BrN2O3/c1-16-6-8(5-14)13-10(15)9-3-2-7(11)4-12-9/h2-4,8,14H,5-6H2,1H3,(H,13,15). The van der Waals surface area contributed by atoms with Crippen molar-refractivity contribution in [2.24, 2.45) is 0 Å². The van der Waals surface area contributed by atoms with Crippen molar-refractivity contribution in [1.29, 1.82) is 0 Å². The number of amides is 1. The summed E-state index contributed by atoms with van der Waals surface area (Å²) in [6, 6.07) is 2.91. The molecule has 0 aromatic carbocycles. The maximum Gasteiger partial charge on any atom is 0.270 e. The molecule has 1 heterocycles. The van der Waals surface area contributed by atoms with E-state index in [1.165, 1.54) is 7.11 Å². The molecule has 1 atom stereocenters. The number of nitrogens with one attached hydrogen (secondary N) is 1. The molecule has 5 nitrogen and oxygen atoms in total. The highest BCUT2D eigenvalue weighted by molar-refractivity contribution is 9.10. The van der Waals surface area contributed by atoms with Crippen LogP contribution >= 0.6 is 15.9 Å². The SMILES string of the molecule is COCC(CO)NC(=O)c1ccc(Br)cn1. The van der Waals surface area contributed by atoms with E-state index >= 15 is 0 Å². The summed E-state index contributed by atoms with van der Waals surface area (Å²) in [6.45, 7) is 0.0921. The number of pyridine rings is 1. The van der Waals surface area contributed by atoms with Gasteiger partial charge in [-0.05, 0) is 28.1 Å². The minimum Gasteiger partial charge on any atom is -0.394 e. The minimum absolute atomic E-state index is 0.171. The zero-order valence-electron chi connectivity index (χ0n) is 8.81. The average Bonchev–Trinajstić information content (AvgIpc) is 2.29. The quantitative estimate of drug-likeness (QED) is 0.832. The van der Waals surface area contributed by atoms with Gasteiger partial charge in [-0.25, -0.2) is 4.98 Å². The number of carbonyl (C=O) groups excluding carboxylic acids is 1. The van der Waals surface area contributed by atoms with Crippen molar-refractivity contribution in [3.8, 4) is 0 Å². The highest BCUT2D eigenvalue weighted by atomic mass is 79.9. The number of aliphatic hydroxyl groups excluding tert-OH is 1. The number of hydrogen-bond acceptors (Lipinski definition) is 4. The lowest BCUT2D eigenvalue weighted by molar-refractivity contribution is 0.0835. The monoisotopic (exact) mass is 288 g/mol. The molecule has 1 rings (SSSR count). The second kappa shape index (κ2) is 6.57. The van der Waals surface area contributed by atoms with Crippen LogP contribution in [0.25, 0.3) is 0 Å². The molecule has 1 aromatic rings. The van der Waals surface area contributed by atoms with Crippen molar-refractivity contribution < 1.29 is 14.6 Å². The Labute approximate surface area is 102 Å². The third-order valence-electron chi connectivity index (χ3n) is 1.88. The van der Waals surface area contributed by atoms with Gasteiger partial charge in [-0.1, -0.05) is 0 Å². The van der Waals surface area contributed by atoms with Crippen LogP contribution in [-0.2, 0) is 4.74 Å². The minimum atomic E-state index is -0.414. The van der Waals surface area contributed by atoms with Crippen LogP contribution in [0.2, 0.25) is 0 Å². The lowest BCUT2D eigenvalue weighted by atomic mass is 10.3. The number of rotatable bonds is 5. The summed E-state index contributed by atoms with van der Waals surface area (Å²) < 4.78 is 5.65. The summed E-state index contributed by atoms with van der Waals surface area (Å²) in [7, 11) is 1.51. The maximum absolute atomic E-state index is 11.6. The predicted molar refractivity (Wildman–Crippen MR) is 62.2 cm³/mol. The third-order valence-corrected chi connectivity index (χ3v) is 2.35. The van der Waals surface area contributed by atoms with Crippen molar-refractivity contribution in [2.45, 2.75) is 6.04 Å². The molecule has 1 amide bonds. The van der Waals surface area contributed by atoms with Crippen LogP contribution in [0.3, 0.4) is 0 Å². The Morgan fingerprint density at radius 3 is 2.94 bits per heavy atom. The van der Waals surface area contributed by atoms with Gasteiger partial charge in [0.2, 0.25) is 0 Å². The zero-order valence-corrected chi connectivity index (χ0v) is 10.4. The Hall–Kier alpha value is -0.980. The number of carbonyl (C=O) groups is 1. The first kappa shape index (κ1) is 13.1. The molecule has 0 saturated heterocycles. The Morgan fingerprint density at radius 2 is 2.44 bits per heavy atom. The Morgan fingerprint density at radius 1 is 1.69 bits per heavy atom. The van der Waals surface area contributed by atoms with Crippen molar-refractivity contribution >= 4 is 21.8 Å². The number of hydrogen-bond donors (Lipinski definition) is 2. The summed E-state index contributed by atoms with van der Waals surface area (Å²) in [5, 5.41) is 11.6. The van der Waals surface area contributed by atoms with Crippen molar-refractivity contribution in [3.63, 3.8) is 0 Å². The van der Waals surface area contributed by atoms with Crippen LogP contribution in [0.4, 0.5) is 0 Å². The predicted octanol–water partition coefficient (Wildman–Crippen LogP) is 0.581. The van der Waals surface area contributed by atoms with Gasteiger partial charge in [-0.2, -0.15) is 0 Å². The van der Waals surface area contributed by atoms with E-state index in [0.29, 0.717) is 5.69 Å². The van der Waals surface area contributed by atoms with Gasteiger partial charge >= 0.3 is 0 Å². The van der Waals surface area contributed by atoms with E-state index in [-0.39, 0.29) is 19.1 Å². The van der Waals surface area contributed by atoms with E-state index in [1.807, 2.05) is 0 Å². The second-order valence-corrected chi connectivity index (χ2v) is 4.09. The normalized spacial score (nSPS) is 12.2. The van der Waals surface area contributed by atoms with Gasteiger partial charge in [0.05, 0.1) is 19.3 Å². The molecule has 0 radical (unpaired) electrons. The van der Waals surface area contributed by atoms with Gasteiger partial charge in [0.1, 0.15) is 5.69 Å². The number of aliphatic hydroxyl groups is 1. The Balaban J connectivity index is 2.60. The summed E-state index contributed by atoms with van der Waals surface area (Å²) >= 11 is 3.23. The third kappa shape index (κ3) is 3.88. The van der Waals surface area contributed by atoms with Gasteiger partial charge in [-0.3, -0.25) is 4.79 Å². The van der Waals surface area contributed by atoms with Gasteiger partial charge in [0.25, 0.3) is 5.91 Å². The lowest BCUT2D eigenvalue weighted by Crippen LogP contribution is -2.40. The summed E-state index contributed by atoms with van der Waals surface area (Å²) in [6.07, 6.45) is 1.54. The van der Waals surface area contributed by atoms with Crippen LogP contribution in [0, 0.1) is 0 Å². The van der Waals surface area contributed by atoms with Crippen LogP contribution < -0.4 is 5.32 Å². The number of halogens is 1. The van der Waals surface area contributed by atoms with Crippen molar-refractivity contribution in [3.05, 3.63) is 28.5 Å². The van der Waals surface area contributed by atoms with E-state index in [1.54, 1.807) is 18.3 Å². The molecule has 88 valence electrons. The average molecular weight is 289 g/mol. The molecule has 1 aromatic heterocycles. The van der Waals surface area contributed by atoms with Crippen LogP contribution in [-0.4, -0.2) is 42.4 Å². The second-order valence-electron chi connectivity index (χ2n) is 3.17. The van der Waals surface area contributed by atoms with Gasteiger partial charge in [0.15, 0.2) is 0 Å². The smallest absolute Gasteiger partial charge is 0.270 e. The van der Waals surface area contributed by atoms with Crippen LogP contribution in [0.5, 0.6) is 0 Å². The van der Waals surface area contributed by atoms with Gasteiger partial charge in [-0.15, -0.1) is 0 Å². The molecule has 0 aliphatic heterocycles. The van der Waals surface area contributed by atoms with Crippen LogP contribution in [0.1, 0.15) is 10.5 Å². The molecular weight excluding hydrogens is 276 g/mol. The van der Waals surface area contributed by atoms with Crippen LogP contribution in [0.15, 0.2) is 22.8 Å². The molecule has 0 fully saturated rings. The molecular formula is C10H13BrN2O3. The van der Waals surface area contributed by atoms with Gasteiger partial charge < -0.3 is 15.2 Å². The first-order valence-corrected chi connectivity index (χ1v) is 5.49. The number of nitrogens with zero attached hydrogens (tertiary/aromatic N) is 1. The van der Waals surface area contributed by atoms with Gasteiger partial charge in [0, 0.05) is 17.8 Å². The maximum atomic E-state index is 11.6. The Bertz CT molecular complexity index is 342. The first-order chi connectivity index (χ1) is 7.67. The molecule has 2 N–H and O–H groups in total. The highest BCUT2D eigenvalue weighted by Gasteiger charge is 2.13. The molecule has 0 saturated carbocycles. The fourth-order valence-electron chi connectivity index (χ4n) is 1.11. The molecule has 0 spiro atoms. The molecule has 0 bridgehead atoms. The summed E-state index contributed by atoms with van der Waals surface area (Å²) in [5.74, 6) is -0.330. The van der Waals surface area contributed by atoms with E-state index < -0.39 is 6.04 Å². The fraction of sp³-hybridized carbons (Fsp3) is 0.400. The Kier molecular flexibility index (Phi) is 5.37. The topological polar surface area (TPSA) is 71.5 Å². The molecule has 1 unspecified atom stereocenters. The molecule has 0 aliphatic carbocycles. The first-order valence-electron chi connectivity index (χ1n) is 4.69. The zero-order chi connectivity index (χ0) is 12.0. The number of methoxy groups -OCH3 is 1. The fourth-order valence-corrected chi connectivity index (χ4v) is 1.35. The molecule has 0 aliphatic rings. The molecule has 6 heteroatoms. The number of ether oxygens (including phenoxy) is 1. The van der Waals surface area contributed by atoms with Crippen molar-refractivity contribution in [1.82, 2.24) is 10.3 Å².